The van der Waals surface area contributed by atoms with E-state index in [2.05, 4.69) is 41.4 Å². The fourth-order valence-corrected chi connectivity index (χ4v) is 3.13. The van der Waals surface area contributed by atoms with E-state index >= 15 is 0 Å². The van der Waals surface area contributed by atoms with Crippen LogP contribution >= 0.6 is 24.8 Å². The number of rotatable bonds is 3. The first-order valence-electron chi connectivity index (χ1n) is 8.13. The molecule has 0 aromatic heterocycles. The van der Waals surface area contributed by atoms with Crippen LogP contribution in [0.25, 0.3) is 0 Å². The third-order valence-corrected chi connectivity index (χ3v) is 4.42. The molecular formula is C17H27Cl2N3O2. The summed E-state index contributed by atoms with van der Waals surface area (Å²) in [5, 5.41) is 3.35. The lowest BCUT2D eigenvalue weighted by atomic mass is 10.1. The standard InChI is InChI=1S/C17H25N3O2.2ClH/c1-14-3-2-4-16(11-14)19-6-8-20(9-7-19)17(21)12-15-13-22-10-5-18-15;;/h2-4,11,15,18H,5-10,12-13H2,1H3;2*1H. The molecule has 2 aliphatic heterocycles. The van der Waals surface area contributed by atoms with Crippen molar-refractivity contribution >= 4 is 36.4 Å². The molecule has 2 saturated heterocycles. The molecule has 136 valence electrons. The number of aryl methyl sites for hydroxylation is 1. The van der Waals surface area contributed by atoms with E-state index in [0.717, 1.165) is 39.3 Å². The Balaban J connectivity index is 0.00000144. The summed E-state index contributed by atoms with van der Waals surface area (Å²) >= 11 is 0. The van der Waals surface area contributed by atoms with Gasteiger partial charge < -0.3 is 19.9 Å². The van der Waals surface area contributed by atoms with Crippen LogP contribution in [0.2, 0.25) is 0 Å². The number of nitrogens with one attached hydrogen (secondary N) is 1. The first kappa shape index (κ1) is 21.0. The molecule has 2 heterocycles. The molecule has 2 fully saturated rings. The van der Waals surface area contributed by atoms with Crippen LogP contribution in [-0.4, -0.2) is 62.8 Å². The van der Waals surface area contributed by atoms with E-state index in [1.165, 1.54) is 11.3 Å². The van der Waals surface area contributed by atoms with Crippen LogP contribution in [-0.2, 0) is 9.53 Å². The van der Waals surface area contributed by atoms with Crippen LogP contribution in [0.4, 0.5) is 5.69 Å². The quantitative estimate of drug-likeness (QED) is 0.875. The highest BCUT2D eigenvalue weighted by atomic mass is 35.5. The Morgan fingerprint density at radius 1 is 1.25 bits per heavy atom. The smallest absolute Gasteiger partial charge is 0.224 e. The Hall–Kier alpha value is -1.01. The number of anilines is 1. The highest BCUT2D eigenvalue weighted by Gasteiger charge is 2.24. The molecule has 24 heavy (non-hydrogen) atoms. The average Bonchev–Trinajstić information content (AvgIpc) is 2.56. The first-order valence-corrected chi connectivity index (χ1v) is 8.13. The van der Waals surface area contributed by atoms with Crippen LogP contribution in [0.3, 0.4) is 0 Å². The topological polar surface area (TPSA) is 44.8 Å². The molecule has 1 unspecified atom stereocenters. The second-order valence-corrected chi connectivity index (χ2v) is 6.14. The number of amides is 1. The van der Waals surface area contributed by atoms with Gasteiger partial charge in [0.15, 0.2) is 0 Å². The molecular weight excluding hydrogens is 349 g/mol. The van der Waals surface area contributed by atoms with E-state index in [-0.39, 0.29) is 36.8 Å². The van der Waals surface area contributed by atoms with Crippen molar-refractivity contribution in [2.24, 2.45) is 0 Å². The second-order valence-electron chi connectivity index (χ2n) is 6.14. The van der Waals surface area contributed by atoms with Gasteiger partial charge in [-0.05, 0) is 24.6 Å². The third-order valence-electron chi connectivity index (χ3n) is 4.42. The van der Waals surface area contributed by atoms with Crippen LogP contribution in [0.1, 0.15) is 12.0 Å². The third kappa shape index (κ3) is 5.52. The monoisotopic (exact) mass is 375 g/mol. The number of nitrogens with zero attached hydrogens (tertiary/aromatic N) is 2. The fourth-order valence-electron chi connectivity index (χ4n) is 3.13. The summed E-state index contributed by atoms with van der Waals surface area (Å²) in [6.45, 7) is 7.78. The average molecular weight is 376 g/mol. The van der Waals surface area contributed by atoms with Crippen molar-refractivity contribution < 1.29 is 9.53 Å². The molecule has 1 aromatic carbocycles. The Labute approximate surface area is 156 Å². The number of benzene rings is 1. The van der Waals surface area contributed by atoms with Crippen LogP contribution < -0.4 is 10.2 Å². The Bertz CT molecular complexity index is 516. The predicted octanol–water partition coefficient (Wildman–Crippen LogP) is 1.87. The van der Waals surface area contributed by atoms with Crippen LogP contribution in [0, 0.1) is 6.92 Å². The van der Waals surface area contributed by atoms with E-state index in [9.17, 15) is 4.79 Å². The molecule has 0 bridgehead atoms. The van der Waals surface area contributed by atoms with Gasteiger partial charge in [-0.25, -0.2) is 0 Å². The predicted molar refractivity (Wildman–Crippen MR) is 102 cm³/mol. The van der Waals surface area contributed by atoms with Crippen molar-refractivity contribution in [1.82, 2.24) is 10.2 Å². The molecule has 5 nitrogen and oxygen atoms in total. The number of morpholine rings is 1. The Morgan fingerprint density at radius 3 is 2.62 bits per heavy atom. The summed E-state index contributed by atoms with van der Waals surface area (Å²) in [6.07, 6.45) is 0.546. The summed E-state index contributed by atoms with van der Waals surface area (Å²) < 4.78 is 5.41. The summed E-state index contributed by atoms with van der Waals surface area (Å²) in [6, 6.07) is 8.74. The number of halogens is 2. The van der Waals surface area contributed by atoms with E-state index in [0.29, 0.717) is 13.0 Å². The molecule has 1 atom stereocenters. The highest BCUT2D eigenvalue weighted by Crippen LogP contribution is 2.18. The lowest BCUT2D eigenvalue weighted by Crippen LogP contribution is -2.51. The molecule has 1 aromatic rings. The van der Waals surface area contributed by atoms with E-state index < -0.39 is 0 Å². The van der Waals surface area contributed by atoms with Gasteiger partial charge in [-0.3, -0.25) is 4.79 Å². The van der Waals surface area contributed by atoms with Gasteiger partial charge in [-0.2, -0.15) is 0 Å². The lowest BCUT2D eigenvalue weighted by Gasteiger charge is -2.37. The van der Waals surface area contributed by atoms with Crippen molar-refractivity contribution in [2.45, 2.75) is 19.4 Å². The van der Waals surface area contributed by atoms with Gasteiger partial charge in [0.1, 0.15) is 0 Å². The van der Waals surface area contributed by atoms with Gasteiger partial charge in [-0.1, -0.05) is 12.1 Å². The second kappa shape index (κ2) is 10.1. The van der Waals surface area contributed by atoms with Crippen molar-refractivity contribution in [3.63, 3.8) is 0 Å². The van der Waals surface area contributed by atoms with Gasteiger partial charge in [0.2, 0.25) is 5.91 Å². The molecule has 0 saturated carbocycles. The number of carbonyl (C=O) groups excluding carboxylic acids is 1. The zero-order chi connectivity index (χ0) is 15.4. The lowest BCUT2D eigenvalue weighted by molar-refractivity contribution is -0.132. The van der Waals surface area contributed by atoms with Gasteiger partial charge in [0.25, 0.3) is 0 Å². The van der Waals surface area contributed by atoms with Gasteiger partial charge in [0.05, 0.1) is 13.2 Å². The largest absolute Gasteiger partial charge is 0.378 e. The molecule has 3 rings (SSSR count). The maximum absolute atomic E-state index is 12.4. The SMILES string of the molecule is Cc1cccc(N2CCN(C(=O)CC3COCCN3)CC2)c1.Cl.Cl. The van der Waals surface area contributed by atoms with Crippen molar-refractivity contribution in [3.05, 3.63) is 29.8 Å². The van der Waals surface area contributed by atoms with Crippen molar-refractivity contribution in [3.8, 4) is 0 Å². The molecule has 0 aliphatic carbocycles. The molecule has 1 N–H and O–H groups in total. The molecule has 1 amide bonds. The Morgan fingerprint density at radius 2 is 2.00 bits per heavy atom. The zero-order valence-electron chi connectivity index (χ0n) is 14.1. The molecule has 0 radical (unpaired) electrons. The maximum Gasteiger partial charge on any atom is 0.224 e. The fraction of sp³-hybridized carbons (Fsp3) is 0.588. The first-order chi connectivity index (χ1) is 10.7. The number of piperazine rings is 1. The van der Waals surface area contributed by atoms with Crippen LogP contribution in [0.5, 0.6) is 0 Å². The minimum atomic E-state index is 0. The minimum Gasteiger partial charge on any atom is -0.378 e. The normalized spacial score (nSPS) is 20.8. The van der Waals surface area contributed by atoms with Crippen molar-refractivity contribution in [2.75, 3.05) is 50.8 Å². The summed E-state index contributed by atoms with van der Waals surface area (Å²) in [7, 11) is 0. The zero-order valence-corrected chi connectivity index (χ0v) is 15.7. The number of hydrogen-bond acceptors (Lipinski definition) is 4. The molecule has 2 aliphatic rings. The molecule has 0 spiro atoms. The van der Waals surface area contributed by atoms with E-state index in [1.807, 2.05) is 4.90 Å². The highest BCUT2D eigenvalue weighted by molar-refractivity contribution is 5.85. The number of hydrogen-bond donors (Lipinski definition) is 1. The van der Waals surface area contributed by atoms with Crippen LogP contribution in [0.15, 0.2) is 24.3 Å². The van der Waals surface area contributed by atoms with E-state index in [1.54, 1.807) is 0 Å². The minimum absolute atomic E-state index is 0. The van der Waals surface area contributed by atoms with Gasteiger partial charge >= 0.3 is 0 Å². The number of ether oxygens (including phenoxy) is 1. The molecule has 7 heteroatoms. The maximum atomic E-state index is 12.4. The summed E-state index contributed by atoms with van der Waals surface area (Å²) in [5.74, 6) is 0.242. The van der Waals surface area contributed by atoms with Crippen molar-refractivity contribution in [1.29, 1.82) is 0 Å². The summed E-state index contributed by atoms with van der Waals surface area (Å²) in [4.78, 5) is 16.7. The van der Waals surface area contributed by atoms with E-state index in [4.69, 9.17) is 4.74 Å². The van der Waals surface area contributed by atoms with Gasteiger partial charge in [0, 0.05) is 50.9 Å². The number of carbonyl (C=O) groups is 1. The van der Waals surface area contributed by atoms with Gasteiger partial charge in [-0.15, -0.1) is 24.8 Å². The Kier molecular flexibility index (Phi) is 8.84. The summed E-state index contributed by atoms with van der Waals surface area (Å²) in [5.41, 5.74) is 2.54.